The van der Waals surface area contributed by atoms with Crippen LogP contribution in [0.15, 0.2) is 12.1 Å². The van der Waals surface area contributed by atoms with Gasteiger partial charge in [0.25, 0.3) is 0 Å². The molecule has 0 saturated carbocycles. The van der Waals surface area contributed by atoms with Crippen molar-refractivity contribution in [3.05, 3.63) is 17.7 Å². The van der Waals surface area contributed by atoms with Crippen LogP contribution in [0.25, 0.3) is 0 Å². The van der Waals surface area contributed by atoms with E-state index in [-0.39, 0.29) is 28.7 Å². The summed E-state index contributed by atoms with van der Waals surface area (Å²) in [5, 5.41) is 21.6. The number of anilines is 1. The number of aromatic hydroxyl groups is 2. The van der Waals surface area contributed by atoms with Gasteiger partial charge in [0.1, 0.15) is 11.5 Å². The molecule has 0 bridgehead atoms. The van der Waals surface area contributed by atoms with Gasteiger partial charge in [0.2, 0.25) is 5.91 Å². The molecule has 5 heteroatoms. The molecule has 22 heavy (non-hydrogen) atoms. The summed E-state index contributed by atoms with van der Waals surface area (Å²) in [5.74, 6) is -0.764. The minimum atomic E-state index is -0.308. The first-order valence-corrected chi connectivity index (χ1v) is 7.89. The number of hydrogen-bond acceptors (Lipinski definition) is 4. The third-order valence-electron chi connectivity index (χ3n) is 3.55. The van der Waals surface area contributed by atoms with Crippen molar-refractivity contribution in [2.75, 3.05) is 5.32 Å². The predicted molar refractivity (Wildman–Crippen MR) is 86.4 cm³/mol. The van der Waals surface area contributed by atoms with Crippen LogP contribution in [-0.2, 0) is 4.79 Å². The lowest BCUT2D eigenvalue weighted by atomic mass is 10.1. The quantitative estimate of drug-likeness (QED) is 0.264. The van der Waals surface area contributed by atoms with Crippen LogP contribution < -0.4 is 5.32 Å². The van der Waals surface area contributed by atoms with Gasteiger partial charge in [-0.2, -0.15) is 0 Å². The average Bonchev–Trinajstić information content (AvgIpc) is 2.49. The van der Waals surface area contributed by atoms with E-state index in [4.69, 9.17) is 0 Å². The van der Waals surface area contributed by atoms with Gasteiger partial charge in [0.15, 0.2) is 6.29 Å². The van der Waals surface area contributed by atoms with Gasteiger partial charge in [-0.15, -0.1) is 0 Å². The largest absolute Gasteiger partial charge is 0.507 e. The SMILES string of the molecule is CCCCCCCCCC(=O)Nc1cc(C=O)c(O)cc1O. The van der Waals surface area contributed by atoms with Gasteiger partial charge in [0.05, 0.1) is 11.3 Å². The van der Waals surface area contributed by atoms with E-state index in [1.54, 1.807) is 0 Å². The van der Waals surface area contributed by atoms with Gasteiger partial charge in [-0.25, -0.2) is 0 Å². The molecule has 0 aliphatic heterocycles. The number of rotatable bonds is 10. The van der Waals surface area contributed by atoms with Crippen molar-refractivity contribution in [1.82, 2.24) is 0 Å². The first-order valence-electron chi connectivity index (χ1n) is 7.89. The number of nitrogens with one attached hydrogen (secondary N) is 1. The molecule has 5 nitrogen and oxygen atoms in total. The second kappa shape index (κ2) is 9.82. The standard InChI is InChI=1S/C17H25NO4/c1-2-3-4-5-6-7-8-9-17(22)18-14-10-13(12-19)15(20)11-16(14)21/h10-12,20-21H,2-9H2,1H3,(H,18,22). The van der Waals surface area contributed by atoms with Crippen molar-refractivity contribution >= 4 is 17.9 Å². The number of carbonyl (C=O) groups is 2. The minimum absolute atomic E-state index is 0.0315. The molecular weight excluding hydrogens is 282 g/mol. The Kier molecular flexibility index (Phi) is 8.04. The summed E-state index contributed by atoms with van der Waals surface area (Å²) in [6.45, 7) is 2.18. The Hall–Kier alpha value is -2.04. The Morgan fingerprint density at radius 3 is 2.32 bits per heavy atom. The molecule has 0 atom stereocenters. The summed E-state index contributed by atoms with van der Waals surface area (Å²) >= 11 is 0. The Balaban J connectivity index is 2.35. The summed E-state index contributed by atoms with van der Waals surface area (Å²) < 4.78 is 0. The van der Waals surface area contributed by atoms with Crippen LogP contribution in [0.4, 0.5) is 5.69 Å². The number of hydrogen-bond donors (Lipinski definition) is 3. The van der Waals surface area contributed by atoms with Gasteiger partial charge in [-0.05, 0) is 12.5 Å². The van der Waals surface area contributed by atoms with Crippen LogP contribution in [0.5, 0.6) is 11.5 Å². The summed E-state index contributed by atoms with van der Waals surface area (Å²) in [4.78, 5) is 22.6. The van der Waals surface area contributed by atoms with E-state index in [1.165, 1.54) is 31.7 Å². The number of amides is 1. The third kappa shape index (κ3) is 6.16. The number of benzene rings is 1. The molecule has 0 fully saturated rings. The average molecular weight is 307 g/mol. The van der Waals surface area contributed by atoms with Crippen molar-refractivity contribution in [1.29, 1.82) is 0 Å². The highest BCUT2D eigenvalue weighted by atomic mass is 16.3. The van der Waals surface area contributed by atoms with Crippen LogP contribution in [-0.4, -0.2) is 22.4 Å². The number of unbranched alkanes of at least 4 members (excludes halogenated alkanes) is 6. The van der Waals surface area contributed by atoms with E-state index in [0.29, 0.717) is 12.7 Å². The molecular formula is C17H25NO4. The molecule has 0 spiro atoms. The fourth-order valence-corrected chi connectivity index (χ4v) is 2.24. The second-order valence-corrected chi connectivity index (χ2v) is 5.47. The van der Waals surface area contributed by atoms with E-state index in [2.05, 4.69) is 12.2 Å². The maximum absolute atomic E-state index is 11.8. The number of aldehydes is 1. The highest BCUT2D eigenvalue weighted by molar-refractivity contribution is 5.94. The van der Waals surface area contributed by atoms with Gasteiger partial charge in [-0.1, -0.05) is 45.4 Å². The first kappa shape index (κ1) is 18.0. The van der Waals surface area contributed by atoms with E-state index < -0.39 is 0 Å². The molecule has 1 aromatic carbocycles. The Morgan fingerprint density at radius 2 is 1.68 bits per heavy atom. The van der Waals surface area contributed by atoms with E-state index in [9.17, 15) is 19.8 Å². The van der Waals surface area contributed by atoms with Crippen LogP contribution in [0.1, 0.15) is 68.6 Å². The predicted octanol–water partition coefficient (Wildman–Crippen LogP) is 3.99. The number of carbonyl (C=O) groups excluding carboxylic acids is 2. The fourth-order valence-electron chi connectivity index (χ4n) is 2.24. The second-order valence-electron chi connectivity index (χ2n) is 5.47. The molecule has 1 amide bonds. The molecule has 0 heterocycles. The van der Waals surface area contributed by atoms with Crippen LogP contribution in [0, 0.1) is 0 Å². The molecule has 0 aliphatic rings. The molecule has 1 rings (SSSR count). The molecule has 3 N–H and O–H groups in total. The van der Waals surface area contributed by atoms with Gasteiger partial charge >= 0.3 is 0 Å². The molecule has 0 aromatic heterocycles. The van der Waals surface area contributed by atoms with Crippen molar-refractivity contribution in [2.45, 2.75) is 58.3 Å². The Morgan fingerprint density at radius 1 is 1.05 bits per heavy atom. The number of phenols is 2. The fraction of sp³-hybridized carbons (Fsp3) is 0.529. The lowest BCUT2D eigenvalue weighted by Gasteiger charge is -2.09. The molecule has 0 radical (unpaired) electrons. The number of phenolic OH excluding ortho intramolecular Hbond substituents is 2. The zero-order valence-corrected chi connectivity index (χ0v) is 13.1. The molecule has 122 valence electrons. The lowest BCUT2D eigenvalue weighted by Crippen LogP contribution is -2.11. The van der Waals surface area contributed by atoms with Gasteiger partial charge in [0, 0.05) is 12.5 Å². The zero-order valence-electron chi connectivity index (χ0n) is 13.1. The summed E-state index contributed by atoms with van der Waals surface area (Å²) in [6, 6.07) is 2.31. The third-order valence-corrected chi connectivity index (χ3v) is 3.55. The topological polar surface area (TPSA) is 86.6 Å². The van der Waals surface area contributed by atoms with Crippen molar-refractivity contribution < 1.29 is 19.8 Å². The molecule has 1 aromatic rings. The molecule has 0 unspecified atom stereocenters. The smallest absolute Gasteiger partial charge is 0.224 e. The van der Waals surface area contributed by atoms with E-state index in [1.807, 2.05) is 0 Å². The van der Waals surface area contributed by atoms with Gasteiger partial charge < -0.3 is 15.5 Å². The highest BCUT2D eigenvalue weighted by Gasteiger charge is 2.10. The highest BCUT2D eigenvalue weighted by Crippen LogP contribution is 2.30. The van der Waals surface area contributed by atoms with Crippen molar-refractivity contribution in [3.8, 4) is 11.5 Å². The van der Waals surface area contributed by atoms with Gasteiger partial charge in [-0.3, -0.25) is 9.59 Å². The monoisotopic (exact) mass is 307 g/mol. The minimum Gasteiger partial charge on any atom is -0.507 e. The maximum Gasteiger partial charge on any atom is 0.224 e. The molecule has 0 aliphatic carbocycles. The van der Waals surface area contributed by atoms with Crippen LogP contribution in [0.2, 0.25) is 0 Å². The normalized spacial score (nSPS) is 10.4. The van der Waals surface area contributed by atoms with Crippen LogP contribution in [0.3, 0.4) is 0 Å². The van der Waals surface area contributed by atoms with Crippen molar-refractivity contribution in [3.63, 3.8) is 0 Å². The van der Waals surface area contributed by atoms with Crippen LogP contribution >= 0.6 is 0 Å². The van der Waals surface area contributed by atoms with E-state index >= 15 is 0 Å². The van der Waals surface area contributed by atoms with E-state index in [0.717, 1.165) is 25.3 Å². The van der Waals surface area contributed by atoms with Crippen molar-refractivity contribution in [2.24, 2.45) is 0 Å². The Bertz CT molecular complexity index is 500. The lowest BCUT2D eigenvalue weighted by molar-refractivity contribution is -0.116. The summed E-state index contributed by atoms with van der Waals surface area (Å²) in [7, 11) is 0. The molecule has 0 saturated heterocycles. The zero-order chi connectivity index (χ0) is 16.4. The first-order chi connectivity index (χ1) is 10.6. The Labute approximate surface area is 131 Å². The summed E-state index contributed by atoms with van der Waals surface area (Å²) in [6.07, 6.45) is 8.74. The maximum atomic E-state index is 11.8. The summed E-state index contributed by atoms with van der Waals surface area (Å²) in [5.41, 5.74) is 0.178.